The maximum Gasteiger partial charge on any atom is 0.361 e. The van der Waals surface area contributed by atoms with Gasteiger partial charge in [-0.2, -0.15) is 0 Å². The average molecular weight is 1110 g/mol. The van der Waals surface area contributed by atoms with Crippen LogP contribution in [0.25, 0.3) is 0 Å². The molecule has 0 fully saturated rings. The first-order chi connectivity index (χ1) is 38.1. The number of hydrogen-bond acceptors (Lipinski definition) is 7. The van der Waals surface area contributed by atoms with E-state index in [-0.39, 0.29) is 38.2 Å². The summed E-state index contributed by atoms with van der Waals surface area (Å²) in [6.07, 6.45) is 70.4. The van der Waals surface area contributed by atoms with Gasteiger partial charge in [-0.25, -0.2) is 4.79 Å². The van der Waals surface area contributed by atoms with Gasteiger partial charge in [-0.05, 0) is 38.5 Å². The molecule has 0 radical (unpaired) electrons. The minimum Gasteiger partial charge on any atom is -0.477 e. The zero-order valence-corrected chi connectivity index (χ0v) is 52.9. The highest BCUT2D eigenvalue weighted by molar-refractivity contribution is 5.71. The number of carboxylic acids is 1. The molecule has 0 amide bonds. The summed E-state index contributed by atoms with van der Waals surface area (Å²) in [5.74, 6) is -1.98. The molecule has 0 bridgehead atoms. The van der Waals surface area contributed by atoms with Crippen LogP contribution in [0.15, 0.2) is 12.2 Å². The number of quaternary nitrogens is 1. The van der Waals surface area contributed by atoms with Crippen LogP contribution in [0.3, 0.4) is 0 Å². The Morgan fingerprint density at radius 2 is 0.654 bits per heavy atom. The van der Waals surface area contributed by atoms with E-state index in [1.54, 1.807) is 0 Å². The first kappa shape index (κ1) is 76.0. The highest BCUT2D eigenvalue weighted by Gasteiger charge is 2.25. The van der Waals surface area contributed by atoms with Gasteiger partial charge >= 0.3 is 17.9 Å². The molecule has 0 rings (SSSR count). The fourth-order valence-corrected chi connectivity index (χ4v) is 10.5. The lowest BCUT2D eigenvalue weighted by atomic mass is 10.0. The molecule has 78 heavy (non-hydrogen) atoms. The summed E-state index contributed by atoms with van der Waals surface area (Å²) in [5, 5.41) is 9.73. The molecule has 0 saturated carbocycles. The predicted molar refractivity (Wildman–Crippen MR) is 332 cm³/mol. The number of ether oxygens (including phenoxy) is 4. The van der Waals surface area contributed by atoms with E-state index in [9.17, 15) is 19.5 Å². The highest BCUT2D eigenvalue weighted by atomic mass is 16.7. The van der Waals surface area contributed by atoms with Crippen molar-refractivity contribution in [1.29, 1.82) is 0 Å². The molecule has 9 heteroatoms. The number of hydrogen-bond donors (Lipinski definition) is 1. The van der Waals surface area contributed by atoms with E-state index in [2.05, 4.69) is 26.0 Å². The number of carboxylic acid groups (broad SMARTS) is 1. The van der Waals surface area contributed by atoms with E-state index in [0.29, 0.717) is 17.4 Å². The second-order valence-corrected chi connectivity index (χ2v) is 24.8. The molecule has 0 aromatic rings. The third kappa shape index (κ3) is 61.6. The lowest BCUT2D eigenvalue weighted by Gasteiger charge is -2.25. The van der Waals surface area contributed by atoms with Crippen LogP contribution in [0.1, 0.15) is 354 Å². The smallest absolute Gasteiger partial charge is 0.361 e. The Morgan fingerprint density at radius 3 is 0.949 bits per heavy atom. The molecule has 0 heterocycles. The minimum atomic E-state index is -1.51. The Labute approximate surface area is 485 Å². The number of likely N-dealkylation sites (N-methyl/N-ethyl adjacent to an activating group) is 1. The van der Waals surface area contributed by atoms with Crippen molar-refractivity contribution in [2.24, 2.45) is 0 Å². The number of carbonyl (C=O) groups is 3. The van der Waals surface area contributed by atoms with Crippen LogP contribution in [0.5, 0.6) is 0 Å². The molecule has 0 aromatic carbocycles. The minimum absolute atomic E-state index is 0.176. The first-order valence-electron chi connectivity index (χ1n) is 34.4. The monoisotopic (exact) mass is 1110 g/mol. The molecule has 2 unspecified atom stereocenters. The number of rotatable bonds is 65. The lowest BCUT2D eigenvalue weighted by Crippen LogP contribution is -2.40. The van der Waals surface area contributed by atoms with Crippen LogP contribution in [-0.4, -0.2) is 87.4 Å². The second kappa shape index (κ2) is 61.1. The largest absolute Gasteiger partial charge is 0.477 e. The molecule has 0 aliphatic carbocycles. The van der Waals surface area contributed by atoms with Gasteiger partial charge in [0, 0.05) is 12.8 Å². The van der Waals surface area contributed by atoms with Crippen LogP contribution in [-0.2, 0) is 33.3 Å². The van der Waals surface area contributed by atoms with E-state index in [1.165, 1.54) is 289 Å². The fourth-order valence-electron chi connectivity index (χ4n) is 10.5. The summed E-state index contributed by atoms with van der Waals surface area (Å²) < 4.78 is 23.0. The van der Waals surface area contributed by atoms with Crippen molar-refractivity contribution in [3.63, 3.8) is 0 Å². The Bertz CT molecular complexity index is 1280. The number of nitrogens with zero attached hydrogens (tertiary/aromatic N) is 1. The molecular weight excluding hydrogens is 971 g/mol. The van der Waals surface area contributed by atoms with Gasteiger partial charge in [0.1, 0.15) is 13.2 Å². The summed E-state index contributed by atoms with van der Waals surface area (Å²) >= 11 is 0. The van der Waals surface area contributed by atoms with E-state index in [1.807, 2.05) is 21.1 Å². The topological polar surface area (TPSA) is 108 Å². The highest BCUT2D eigenvalue weighted by Crippen LogP contribution is 2.19. The number of allylic oxidation sites excluding steroid dienone is 2. The molecular formula is C69H134NO8+. The van der Waals surface area contributed by atoms with Gasteiger partial charge < -0.3 is 28.5 Å². The van der Waals surface area contributed by atoms with Crippen LogP contribution < -0.4 is 0 Å². The number of esters is 2. The van der Waals surface area contributed by atoms with E-state index in [0.717, 1.165) is 38.5 Å². The van der Waals surface area contributed by atoms with E-state index >= 15 is 0 Å². The molecule has 2 atom stereocenters. The third-order valence-corrected chi connectivity index (χ3v) is 15.8. The second-order valence-electron chi connectivity index (χ2n) is 24.8. The standard InChI is InChI=1S/C69H133NO8/c1-6-8-10-12-14-16-18-20-22-24-26-28-29-30-31-32-33-34-35-36-37-38-40-41-43-45-47-49-51-53-55-57-59-66(71)76-63-65(64-77-69(68(73)74)75-62-61-70(3,4)5)78-67(72)60-58-56-54-52-50-48-46-44-42-39-27-25-23-21-19-17-15-13-11-9-7-2/h25,27,65,69H,6-24,26,28-64H2,1-5H3/p+1/b27-25-. The summed E-state index contributed by atoms with van der Waals surface area (Å²) in [4.78, 5) is 37.6. The summed E-state index contributed by atoms with van der Waals surface area (Å²) in [7, 11) is 5.99. The van der Waals surface area contributed by atoms with Gasteiger partial charge in [0.05, 0.1) is 34.4 Å². The van der Waals surface area contributed by atoms with Crippen molar-refractivity contribution >= 4 is 17.9 Å². The maximum absolute atomic E-state index is 12.9. The van der Waals surface area contributed by atoms with Gasteiger partial charge in [-0.15, -0.1) is 0 Å². The maximum atomic E-state index is 12.9. The van der Waals surface area contributed by atoms with Gasteiger partial charge in [0.25, 0.3) is 6.29 Å². The first-order valence-corrected chi connectivity index (χ1v) is 34.4. The van der Waals surface area contributed by atoms with Crippen LogP contribution in [0, 0.1) is 0 Å². The SMILES string of the molecule is CCCCCCCCCC/C=C\CCCCCCCCCCCC(=O)OC(COC(=O)CCCCCCCCCCCCCCCCCCCCCCCCCCCCCCCCCC)COC(OCC[N+](C)(C)C)C(=O)O. The normalized spacial score (nSPS) is 12.7. The van der Waals surface area contributed by atoms with Crippen molar-refractivity contribution in [3.8, 4) is 0 Å². The molecule has 0 aliphatic rings. The zero-order valence-electron chi connectivity index (χ0n) is 52.9. The molecule has 0 aliphatic heterocycles. The number of carbonyl (C=O) groups excluding carboxylic acids is 2. The van der Waals surface area contributed by atoms with Crippen LogP contribution in [0.4, 0.5) is 0 Å². The molecule has 462 valence electrons. The number of unbranched alkanes of at least 4 members (excludes halogenated alkanes) is 48. The van der Waals surface area contributed by atoms with Crippen molar-refractivity contribution in [2.45, 2.75) is 367 Å². The Morgan fingerprint density at radius 1 is 0.372 bits per heavy atom. The third-order valence-electron chi connectivity index (χ3n) is 15.8. The van der Waals surface area contributed by atoms with E-state index < -0.39 is 18.4 Å². The van der Waals surface area contributed by atoms with Crippen LogP contribution >= 0.6 is 0 Å². The Kier molecular flexibility index (Phi) is 59.6. The van der Waals surface area contributed by atoms with Crippen molar-refractivity contribution in [2.75, 3.05) is 47.5 Å². The quantitative estimate of drug-likeness (QED) is 0.0211. The van der Waals surface area contributed by atoms with Crippen molar-refractivity contribution < 1.29 is 42.9 Å². The van der Waals surface area contributed by atoms with Gasteiger partial charge in [0.15, 0.2) is 6.10 Å². The average Bonchev–Trinajstić information content (AvgIpc) is 3.41. The lowest BCUT2D eigenvalue weighted by molar-refractivity contribution is -0.870. The zero-order chi connectivity index (χ0) is 56.9. The van der Waals surface area contributed by atoms with Crippen molar-refractivity contribution in [3.05, 3.63) is 12.2 Å². The molecule has 1 N–H and O–H groups in total. The van der Waals surface area contributed by atoms with Crippen LogP contribution in [0.2, 0.25) is 0 Å². The fraction of sp³-hybridized carbons (Fsp3) is 0.928. The van der Waals surface area contributed by atoms with Gasteiger partial charge in [0.2, 0.25) is 0 Å². The number of aliphatic carboxylic acids is 1. The molecule has 0 saturated heterocycles. The van der Waals surface area contributed by atoms with Gasteiger partial charge in [-0.1, -0.05) is 315 Å². The summed E-state index contributed by atoms with van der Waals surface area (Å²) in [6.45, 7) is 4.95. The molecule has 9 nitrogen and oxygen atoms in total. The van der Waals surface area contributed by atoms with E-state index in [4.69, 9.17) is 18.9 Å². The summed E-state index contributed by atoms with van der Waals surface area (Å²) in [5.41, 5.74) is 0. The molecule has 0 aromatic heterocycles. The van der Waals surface area contributed by atoms with Crippen molar-refractivity contribution in [1.82, 2.24) is 0 Å². The molecule has 0 spiro atoms. The Balaban J connectivity index is 4.03. The summed E-state index contributed by atoms with van der Waals surface area (Å²) in [6, 6.07) is 0. The predicted octanol–water partition coefficient (Wildman–Crippen LogP) is 20.9. The Hall–Kier alpha value is -1.97. The van der Waals surface area contributed by atoms with Gasteiger partial charge in [-0.3, -0.25) is 9.59 Å².